The van der Waals surface area contributed by atoms with Crippen LogP contribution >= 0.6 is 12.2 Å². The summed E-state index contributed by atoms with van der Waals surface area (Å²) in [5.41, 5.74) is 0.797. The fraction of sp³-hybridized carbons (Fsp3) is 0.100. The molecule has 4 heteroatoms. The van der Waals surface area contributed by atoms with E-state index in [0.717, 1.165) is 5.56 Å². The third-order valence-corrected chi connectivity index (χ3v) is 1.96. The lowest BCUT2D eigenvalue weighted by molar-refractivity contribution is -0.150. The Hall–Kier alpha value is -1.55. The minimum Gasteiger partial charge on any atom is -0.395 e. The predicted molar refractivity (Wildman–Crippen MR) is 54.9 cm³/mol. The van der Waals surface area contributed by atoms with Gasteiger partial charge in [0, 0.05) is 4.86 Å². The number of thiocarbonyl (C=S) groups is 1. The molecule has 0 bridgehead atoms. The Morgan fingerprint density at radius 2 is 2.00 bits per heavy atom. The molecule has 0 N–H and O–H groups in total. The number of hydrogen-bond acceptors (Lipinski definition) is 4. The lowest BCUT2D eigenvalue weighted by Gasteiger charge is -2.00. The molecule has 0 heterocycles. The average Bonchev–Trinajstić information content (AvgIpc) is 2.19. The first kappa shape index (κ1) is 10.5. The molecule has 0 aliphatic heterocycles. The van der Waals surface area contributed by atoms with Gasteiger partial charge in [0.1, 0.15) is 0 Å². The van der Waals surface area contributed by atoms with Gasteiger partial charge in [0.15, 0.2) is 0 Å². The maximum Gasteiger partial charge on any atom is 0.318 e. The van der Waals surface area contributed by atoms with E-state index in [1.165, 1.54) is 0 Å². The second-order valence-electron chi connectivity index (χ2n) is 2.55. The fourth-order valence-electron chi connectivity index (χ4n) is 0.953. The van der Waals surface area contributed by atoms with Gasteiger partial charge >= 0.3 is 12.4 Å². The summed E-state index contributed by atoms with van der Waals surface area (Å²) in [6, 6.07) is 9.11. The number of esters is 1. The summed E-state index contributed by atoms with van der Waals surface area (Å²) in [4.78, 5) is 21.2. The Balaban J connectivity index is 2.59. The van der Waals surface area contributed by atoms with Crippen molar-refractivity contribution in [2.75, 3.05) is 0 Å². The highest BCUT2D eigenvalue weighted by molar-refractivity contribution is 7.80. The van der Waals surface area contributed by atoms with Crippen molar-refractivity contribution in [2.24, 2.45) is 0 Å². The normalized spacial score (nSPS) is 9.14. The molecule has 3 nitrogen and oxygen atoms in total. The van der Waals surface area contributed by atoms with Crippen molar-refractivity contribution in [3.8, 4) is 0 Å². The van der Waals surface area contributed by atoms with Crippen LogP contribution in [0.2, 0.25) is 0 Å². The smallest absolute Gasteiger partial charge is 0.318 e. The van der Waals surface area contributed by atoms with Gasteiger partial charge in [-0.05, 0) is 5.56 Å². The van der Waals surface area contributed by atoms with E-state index in [0.29, 0.717) is 4.86 Å². The van der Waals surface area contributed by atoms with Gasteiger partial charge in [-0.25, -0.2) is 0 Å². The number of ether oxygens (including phenoxy) is 1. The first-order chi connectivity index (χ1) is 6.74. The van der Waals surface area contributed by atoms with Gasteiger partial charge in [-0.3, -0.25) is 9.59 Å². The zero-order chi connectivity index (χ0) is 10.4. The second-order valence-corrected chi connectivity index (χ2v) is 3.04. The van der Waals surface area contributed by atoms with Crippen LogP contribution in [0, 0.1) is 0 Å². The van der Waals surface area contributed by atoms with Gasteiger partial charge in [0.25, 0.3) is 0 Å². The second kappa shape index (κ2) is 5.24. The highest BCUT2D eigenvalue weighted by Gasteiger charge is 2.08. The fourth-order valence-corrected chi connectivity index (χ4v) is 1.21. The SMILES string of the molecule is O=COC(=O)CC(=S)c1ccccc1. The summed E-state index contributed by atoms with van der Waals surface area (Å²) in [5, 5.41) is 0. The molecule has 0 aromatic heterocycles. The quantitative estimate of drug-likeness (QED) is 0.247. The van der Waals surface area contributed by atoms with Gasteiger partial charge in [-0.15, -0.1) is 0 Å². The zero-order valence-electron chi connectivity index (χ0n) is 7.30. The molecule has 0 saturated heterocycles. The van der Waals surface area contributed by atoms with Crippen molar-refractivity contribution in [3.05, 3.63) is 35.9 Å². The van der Waals surface area contributed by atoms with Gasteiger partial charge in [0.2, 0.25) is 0 Å². The lowest BCUT2D eigenvalue weighted by atomic mass is 10.1. The van der Waals surface area contributed by atoms with E-state index in [1.807, 2.05) is 18.2 Å². The highest BCUT2D eigenvalue weighted by atomic mass is 32.1. The van der Waals surface area contributed by atoms with E-state index in [1.54, 1.807) is 12.1 Å². The van der Waals surface area contributed by atoms with Crippen LogP contribution in [0.3, 0.4) is 0 Å². The number of carbonyl (C=O) groups excluding carboxylic acids is 2. The van der Waals surface area contributed by atoms with Crippen LogP contribution < -0.4 is 0 Å². The molecule has 0 spiro atoms. The molecular formula is C10H8O3S. The molecule has 0 amide bonds. The minimum atomic E-state index is -0.631. The summed E-state index contributed by atoms with van der Waals surface area (Å²) in [6.07, 6.45) is -0.0436. The molecule has 0 unspecified atom stereocenters. The predicted octanol–water partition coefficient (Wildman–Crippen LogP) is 1.49. The van der Waals surface area contributed by atoms with Crippen molar-refractivity contribution in [1.29, 1.82) is 0 Å². The van der Waals surface area contributed by atoms with E-state index < -0.39 is 5.97 Å². The van der Waals surface area contributed by atoms with Gasteiger partial charge in [-0.2, -0.15) is 0 Å². The van der Waals surface area contributed by atoms with Gasteiger partial charge in [0.05, 0.1) is 6.42 Å². The molecule has 0 saturated carbocycles. The van der Waals surface area contributed by atoms with Gasteiger partial charge < -0.3 is 4.74 Å². The molecule has 0 aliphatic carbocycles. The molecule has 1 aromatic carbocycles. The maximum atomic E-state index is 10.9. The molecule has 0 aliphatic rings. The Morgan fingerprint density at radius 1 is 1.36 bits per heavy atom. The van der Waals surface area contributed by atoms with Crippen molar-refractivity contribution < 1.29 is 14.3 Å². The number of hydrogen-bond donors (Lipinski definition) is 0. The Kier molecular flexibility index (Phi) is 3.94. The molecule has 0 atom stereocenters. The summed E-state index contributed by atoms with van der Waals surface area (Å²) in [7, 11) is 0. The third-order valence-electron chi connectivity index (χ3n) is 1.58. The first-order valence-corrected chi connectivity index (χ1v) is 4.36. The summed E-state index contributed by atoms with van der Waals surface area (Å²) < 4.78 is 4.13. The summed E-state index contributed by atoms with van der Waals surface area (Å²) in [6.45, 7) is 0.107. The number of rotatable bonds is 4. The van der Waals surface area contributed by atoms with E-state index in [2.05, 4.69) is 4.74 Å². The van der Waals surface area contributed by atoms with Crippen LogP contribution in [-0.4, -0.2) is 17.3 Å². The molecular weight excluding hydrogens is 200 g/mol. The van der Waals surface area contributed by atoms with Crippen LogP contribution in [0.25, 0.3) is 0 Å². The van der Waals surface area contributed by atoms with Crippen LogP contribution in [0.5, 0.6) is 0 Å². The van der Waals surface area contributed by atoms with Crippen LogP contribution in [0.1, 0.15) is 12.0 Å². The first-order valence-electron chi connectivity index (χ1n) is 3.95. The zero-order valence-corrected chi connectivity index (χ0v) is 8.12. The topological polar surface area (TPSA) is 43.4 Å². The van der Waals surface area contributed by atoms with E-state index >= 15 is 0 Å². The Morgan fingerprint density at radius 3 is 2.57 bits per heavy atom. The van der Waals surface area contributed by atoms with Crippen molar-refractivity contribution in [1.82, 2.24) is 0 Å². The van der Waals surface area contributed by atoms with Crippen LogP contribution in [0.15, 0.2) is 30.3 Å². The van der Waals surface area contributed by atoms with Gasteiger partial charge in [-0.1, -0.05) is 42.5 Å². The van der Waals surface area contributed by atoms with Crippen molar-refractivity contribution in [2.45, 2.75) is 6.42 Å². The van der Waals surface area contributed by atoms with E-state index in [9.17, 15) is 9.59 Å². The van der Waals surface area contributed by atoms with Crippen molar-refractivity contribution in [3.63, 3.8) is 0 Å². The van der Waals surface area contributed by atoms with Crippen LogP contribution in [0.4, 0.5) is 0 Å². The van der Waals surface area contributed by atoms with E-state index in [-0.39, 0.29) is 12.9 Å². The standard InChI is InChI=1S/C10H8O3S/c11-7-13-10(12)6-9(14)8-4-2-1-3-5-8/h1-5,7H,6H2. The third kappa shape index (κ3) is 3.06. The highest BCUT2D eigenvalue weighted by Crippen LogP contribution is 2.04. The number of benzene rings is 1. The largest absolute Gasteiger partial charge is 0.395 e. The lowest BCUT2D eigenvalue weighted by Crippen LogP contribution is -2.09. The molecule has 72 valence electrons. The van der Waals surface area contributed by atoms with E-state index in [4.69, 9.17) is 12.2 Å². The Bertz CT molecular complexity index is 346. The molecule has 0 radical (unpaired) electrons. The number of carbonyl (C=O) groups is 2. The summed E-state index contributed by atoms with van der Waals surface area (Å²) >= 11 is 4.99. The summed E-state index contributed by atoms with van der Waals surface area (Å²) in [5.74, 6) is -0.631. The average molecular weight is 208 g/mol. The van der Waals surface area contributed by atoms with Crippen molar-refractivity contribution >= 4 is 29.5 Å². The minimum absolute atomic E-state index is 0.0436. The molecule has 14 heavy (non-hydrogen) atoms. The monoisotopic (exact) mass is 208 g/mol. The molecule has 1 aromatic rings. The molecule has 0 fully saturated rings. The maximum absolute atomic E-state index is 10.9. The molecule has 1 rings (SSSR count). The van der Waals surface area contributed by atoms with Crippen LogP contribution in [-0.2, 0) is 14.3 Å². The Labute approximate surface area is 86.7 Å².